The maximum absolute atomic E-state index is 12.1. The predicted molar refractivity (Wildman–Crippen MR) is 81.5 cm³/mol. The van der Waals surface area contributed by atoms with E-state index >= 15 is 0 Å². The molecule has 0 aromatic heterocycles. The Hall–Kier alpha value is -1.75. The standard InChI is InChI=1S/C16H25NO4/c1-5-13(6-2)17-16(19)11(3)21-15-8-7-14(20-4)9-12(15)10-18/h7-9,11,13,18H,5-6,10H2,1-4H3,(H,17,19). The summed E-state index contributed by atoms with van der Waals surface area (Å²) < 4.78 is 10.8. The van der Waals surface area contributed by atoms with Gasteiger partial charge in [-0.05, 0) is 38.0 Å². The molecule has 5 nitrogen and oxygen atoms in total. The van der Waals surface area contributed by atoms with Crippen LogP contribution in [-0.4, -0.2) is 30.3 Å². The minimum absolute atomic E-state index is 0.150. The summed E-state index contributed by atoms with van der Waals surface area (Å²) in [5.41, 5.74) is 0.594. The molecule has 1 atom stereocenters. The first-order chi connectivity index (χ1) is 10.0. The lowest BCUT2D eigenvalue weighted by Crippen LogP contribution is -2.42. The van der Waals surface area contributed by atoms with Crippen molar-refractivity contribution in [2.24, 2.45) is 0 Å². The molecule has 1 unspecified atom stereocenters. The maximum atomic E-state index is 12.1. The Morgan fingerprint density at radius 2 is 2.00 bits per heavy atom. The number of carbonyl (C=O) groups is 1. The van der Waals surface area contributed by atoms with Crippen LogP contribution < -0.4 is 14.8 Å². The number of aliphatic hydroxyl groups is 1. The first-order valence-corrected chi connectivity index (χ1v) is 7.30. The number of nitrogens with one attached hydrogen (secondary N) is 1. The van der Waals surface area contributed by atoms with Crippen molar-refractivity contribution in [1.82, 2.24) is 5.32 Å². The van der Waals surface area contributed by atoms with Gasteiger partial charge in [-0.25, -0.2) is 0 Å². The van der Waals surface area contributed by atoms with Crippen molar-refractivity contribution in [3.05, 3.63) is 23.8 Å². The van der Waals surface area contributed by atoms with Crippen molar-refractivity contribution >= 4 is 5.91 Å². The average molecular weight is 295 g/mol. The number of aliphatic hydroxyl groups excluding tert-OH is 1. The second-order valence-corrected chi connectivity index (χ2v) is 4.91. The van der Waals surface area contributed by atoms with Crippen LogP contribution in [-0.2, 0) is 11.4 Å². The molecule has 0 saturated carbocycles. The summed E-state index contributed by atoms with van der Waals surface area (Å²) >= 11 is 0. The van der Waals surface area contributed by atoms with Crippen LogP contribution in [0.5, 0.6) is 11.5 Å². The number of hydrogen-bond donors (Lipinski definition) is 2. The highest BCUT2D eigenvalue weighted by Crippen LogP contribution is 2.25. The molecule has 5 heteroatoms. The van der Waals surface area contributed by atoms with Gasteiger partial charge in [-0.3, -0.25) is 4.79 Å². The molecule has 1 aromatic rings. The fourth-order valence-electron chi connectivity index (χ4n) is 1.98. The van der Waals surface area contributed by atoms with Crippen molar-refractivity contribution in [3.63, 3.8) is 0 Å². The Bertz CT molecular complexity index is 458. The molecule has 1 rings (SSSR count). The molecule has 1 amide bonds. The molecular formula is C16H25NO4. The lowest BCUT2D eigenvalue weighted by atomic mass is 10.1. The van der Waals surface area contributed by atoms with Gasteiger partial charge in [0.2, 0.25) is 0 Å². The number of carbonyl (C=O) groups excluding carboxylic acids is 1. The van der Waals surface area contributed by atoms with Crippen LogP contribution in [0.3, 0.4) is 0 Å². The first-order valence-electron chi connectivity index (χ1n) is 7.30. The van der Waals surface area contributed by atoms with Gasteiger partial charge in [-0.2, -0.15) is 0 Å². The van der Waals surface area contributed by atoms with E-state index in [2.05, 4.69) is 5.32 Å². The van der Waals surface area contributed by atoms with Gasteiger partial charge >= 0.3 is 0 Å². The van der Waals surface area contributed by atoms with E-state index in [-0.39, 0.29) is 18.6 Å². The van der Waals surface area contributed by atoms with Crippen LogP contribution in [0, 0.1) is 0 Å². The van der Waals surface area contributed by atoms with Gasteiger partial charge < -0.3 is 19.9 Å². The van der Waals surface area contributed by atoms with E-state index in [9.17, 15) is 9.90 Å². The van der Waals surface area contributed by atoms with Gasteiger partial charge in [0, 0.05) is 11.6 Å². The molecule has 1 aromatic carbocycles. The summed E-state index contributed by atoms with van der Waals surface area (Å²) in [6.07, 6.45) is 1.16. The second kappa shape index (κ2) is 8.52. The van der Waals surface area contributed by atoms with E-state index in [1.807, 2.05) is 13.8 Å². The fourth-order valence-corrected chi connectivity index (χ4v) is 1.98. The van der Waals surface area contributed by atoms with Crippen LogP contribution in [0.2, 0.25) is 0 Å². The number of methoxy groups -OCH3 is 1. The average Bonchev–Trinajstić information content (AvgIpc) is 2.52. The summed E-state index contributed by atoms with van der Waals surface area (Å²) in [6.45, 7) is 5.59. The van der Waals surface area contributed by atoms with Crippen LogP contribution in [0.15, 0.2) is 18.2 Å². The molecule has 0 aliphatic rings. The summed E-state index contributed by atoms with van der Waals surface area (Å²) in [6, 6.07) is 5.29. The predicted octanol–water partition coefficient (Wildman–Crippen LogP) is 2.26. The second-order valence-electron chi connectivity index (χ2n) is 4.91. The molecule has 0 fully saturated rings. The monoisotopic (exact) mass is 295 g/mol. The van der Waals surface area contributed by atoms with E-state index in [1.165, 1.54) is 0 Å². The van der Waals surface area contributed by atoms with Gasteiger partial charge in [-0.15, -0.1) is 0 Å². The smallest absolute Gasteiger partial charge is 0.260 e. The third-order valence-electron chi connectivity index (χ3n) is 3.44. The topological polar surface area (TPSA) is 67.8 Å². The molecule has 0 bridgehead atoms. The Kier molecular flexibility index (Phi) is 7.02. The maximum Gasteiger partial charge on any atom is 0.260 e. The van der Waals surface area contributed by atoms with E-state index < -0.39 is 6.10 Å². The molecule has 21 heavy (non-hydrogen) atoms. The van der Waals surface area contributed by atoms with E-state index in [1.54, 1.807) is 32.2 Å². The molecular weight excluding hydrogens is 270 g/mol. The quantitative estimate of drug-likeness (QED) is 0.772. The Morgan fingerprint density at radius 3 is 2.52 bits per heavy atom. The minimum atomic E-state index is -0.621. The molecule has 0 saturated heterocycles. The van der Waals surface area contributed by atoms with Crippen molar-refractivity contribution in [2.45, 2.75) is 52.4 Å². The third-order valence-corrected chi connectivity index (χ3v) is 3.44. The van der Waals surface area contributed by atoms with Crippen LogP contribution in [0.1, 0.15) is 39.2 Å². The highest BCUT2D eigenvalue weighted by atomic mass is 16.5. The van der Waals surface area contributed by atoms with E-state index in [4.69, 9.17) is 9.47 Å². The molecule has 0 aliphatic carbocycles. The van der Waals surface area contributed by atoms with Crippen LogP contribution >= 0.6 is 0 Å². The lowest BCUT2D eigenvalue weighted by Gasteiger charge is -2.20. The van der Waals surface area contributed by atoms with Gasteiger partial charge in [0.15, 0.2) is 6.10 Å². The normalized spacial score (nSPS) is 12.1. The van der Waals surface area contributed by atoms with Crippen molar-refractivity contribution in [2.75, 3.05) is 7.11 Å². The summed E-state index contributed by atoms with van der Waals surface area (Å²) in [4.78, 5) is 12.1. The summed E-state index contributed by atoms with van der Waals surface area (Å²) in [7, 11) is 1.56. The SMILES string of the molecule is CCC(CC)NC(=O)C(C)Oc1ccc(OC)cc1CO. The molecule has 2 N–H and O–H groups in total. The van der Waals surface area contributed by atoms with Crippen LogP contribution in [0.25, 0.3) is 0 Å². The molecule has 118 valence electrons. The highest BCUT2D eigenvalue weighted by molar-refractivity contribution is 5.81. The van der Waals surface area contributed by atoms with Crippen LogP contribution in [0.4, 0.5) is 0 Å². The lowest BCUT2D eigenvalue weighted by molar-refractivity contribution is -0.128. The van der Waals surface area contributed by atoms with Gasteiger partial charge in [-0.1, -0.05) is 13.8 Å². The van der Waals surface area contributed by atoms with Gasteiger partial charge in [0.1, 0.15) is 11.5 Å². The number of ether oxygens (including phenoxy) is 2. The Labute approximate surface area is 126 Å². The zero-order valence-electron chi connectivity index (χ0n) is 13.2. The van der Waals surface area contributed by atoms with E-state index in [0.717, 1.165) is 12.8 Å². The zero-order valence-corrected chi connectivity index (χ0v) is 13.2. The van der Waals surface area contributed by atoms with Crippen molar-refractivity contribution in [1.29, 1.82) is 0 Å². The Balaban J connectivity index is 2.73. The molecule has 0 radical (unpaired) electrons. The number of amides is 1. The first kappa shape index (κ1) is 17.3. The number of rotatable bonds is 8. The van der Waals surface area contributed by atoms with E-state index in [0.29, 0.717) is 17.1 Å². The third kappa shape index (κ3) is 4.93. The largest absolute Gasteiger partial charge is 0.497 e. The number of hydrogen-bond acceptors (Lipinski definition) is 4. The molecule has 0 heterocycles. The van der Waals surface area contributed by atoms with Crippen molar-refractivity contribution in [3.8, 4) is 11.5 Å². The Morgan fingerprint density at radius 1 is 1.33 bits per heavy atom. The fraction of sp³-hybridized carbons (Fsp3) is 0.562. The van der Waals surface area contributed by atoms with Crippen molar-refractivity contribution < 1.29 is 19.4 Å². The minimum Gasteiger partial charge on any atom is -0.497 e. The summed E-state index contributed by atoms with van der Waals surface area (Å²) in [5, 5.41) is 12.3. The van der Waals surface area contributed by atoms with Gasteiger partial charge in [0.25, 0.3) is 5.91 Å². The number of benzene rings is 1. The molecule has 0 aliphatic heterocycles. The molecule has 0 spiro atoms. The summed E-state index contributed by atoms with van der Waals surface area (Å²) in [5.74, 6) is 0.981. The van der Waals surface area contributed by atoms with Gasteiger partial charge in [0.05, 0.1) is 13.7 Å². The highest BCUT2D eigenvalue weighted by Gasteiger charge is 2.18. The zero-order chi connectivity index (χ0) is 15.8.